The number of hydrogen-bond donors (Lipinski definition) is 1. The molecule has 34 heavy (non-hydrogen) atoms. The van der Waals surface area contributed by atoms with Gasteiger partial charge in [-0.15, -0.1) is 0 Å². The molecule has 3 aromatic carbocycles. The summed E-state index contributed by atoms with van der Waals surface area (Å²) in [6.07, 6.45) is -1.04. The minimum atomic E-state index is -3.92. The van der Waals surface area contributed by atoms with E-state index in [0.29, 0.717) is 17.2 Å². The van der Waals surface area contributed by atoms with Crippen LogP contribution in [0.5, 0.6) is 11.5 Å². The molecule has 1 aliphatic heterocycles. The molecule has 0 spiro atoms. The molecule has 4 rings (SSSR count). The number of carbonyl (C=O) groups excluding carboxylic acids is 1. The number of ether oxygens (including phenoxy) is 2. The number of nitrogens with zero attached hydrogens (tertiary/aromatic N) is 1. The molecule has 0 aromatic heterocycles. The van der Waals surface area contributed by atoms with Crippen molar-refractivity contribution in [2.24, 2.45) is 0 Å². The normalized spacial score (nSPS) is 15.3. The number of fused-ring (bicyclic) bond motifs is 1. The summed E-state index contributed by atoms with van der Waals surface area (Å²) in [5.41, 5.74) is 2.20. The lowest BCUT2D eigenvalue weighted by atomic mass is 10.1. The third-order valence-corrected chi connectivity index (χ3v) is 7.16. The van der Waals surface area contributed by atoms with Crippen molar-refractivity contribution in [1.82, 2.24) is 5.32 Å². The Bertz CT molecular complexity index is 1280. The molecule has 0 saturated heterocycles. The van der Waals surface area contributed by atoms with Gasteiger partial charge in [-0.1, -0.05) is 23.8 Å². The van der Waals surface area contributed by atoms with E-state index in [1.54, 1.807) is 42.5 Å². The summed E-state index contributed by atoms with van der Waals surface area (Å²) in [5.74, 6) is -0.0340. The van der Waals surface area contributed by atoms with Gasteiger partial charge in [-0.25, -0.2) is 12.8 Å². The highest BCUT2D eigenvalue weighted by Crippen LogP contribution is 2.37. The standard InChI is InChI=1S/C25H25FN2O5S/c1-17-3-10-21(11-4-17)34(30,31)28-16-24(33-23-12-5-18(2)15-22(23)28)25(29)27-13-14-32-20-8-6-19(26)7-9-20/h3-12,15,24H,13-14,16H2,1-2H3,(H,27,29)/t24-/m0/s1. The molecule has 7 nitrogen and oxygen atoms in total. The molecule has 0 bridgehead atoms. The minimum Gasteiger partial charge on any atom is -0.492 e. The van der Waals surface area contributed by atoms with E-state index in [1.807, 2.05) is 13.8 Å². The molecule has 0 saturated carbocycles. The van der Waals surface area contributed by atoms with Gasteiger partial charge in [0.25, 0.3) is 15.9 Å². The van der Waals surface area contributed by atoms with Crippen molar-refractivity contribution in [3.63, 3.8) is 0 Å². The summed E-state index contributed by atoms with van der Waals surface area (Å²) >= 11 is 0. The molecule has 1 heterocycles. The smallest absolute Gasteiger partial charge is 0.264 e. The molecule has 0 unspecified atom stereocenters. The van der Waals surface area contributed by atoms with Gasteiger partial charge in [0.2, 0.25) is 0 Å². The maximum atomic E-state index is 13.5. The number of halogens is 1. The lowest BCUT2D eigenvalue weighted by Gasteiger charge is -2.35. The van der Waals surface area contributed by atoms with Crippen LogP contribution in [0.2, 0.25) is 0 Å². The number of carbonyl (C=O) groups is 1. The molecule has 1 N–H and O–H groups in total. The average molecular weight is 485 g/mol. The molecule has 0 radical (unpaired) electrons. The predicted octanol–water partition coefficient (Wildman–Crippen LogP) is 3.59. The predicted molar refractivity (Wildman–Crippen MR) is 126 cm³/mol. The minimum absolute atomic E-state index is 0.138. The Morgan fingerprint density at radius 3 is 2.44 bits per heavy atom. The van der Waals surface area contributed by atoms with Crippen LogP contribution in [-0.2, 0) is 14.8 Å². The van der Waals surface area contributed by atoms with E-state index in [-0.39, 0.29) is 30.4 Å². The van der Waals surface area contributed by atoms with Crippen molar-refractivity contribution < 1.29 is 27.1 Å². The Labute approximate surface area is 198 Å². The highest BCUT2D eigenvalue weighted by atomic mass is 32.2. The zero-order chi connectivity index (χ0) is 24.3. The Morgan fingerprint density at radius 2 is 1.74 bits per heavy atom. The van der Waals surface area contributed by atoms with E-state index in [9.17, 15) is 17.6 Å². The highest BCUT2D eigenvalue weighted by Gasteiger charge is 2.37. The van der Waals surface area contributed by atoms with Gasteiger partial charge >= 0.3 is 0 Å². The Hall–Kier alpha value is -3.59. The third-order valence-electron chi connectivity index (χ3n) is 5.37. The second-order valence-electron chi connectivity index (χ2n) is 8.02. The molecule has 178 valence electrons. The topological polar surface area (TPSA) is 84.9 Å². The Morgan fingerprint density at radius 1 is 1.06 bits per heavy atom. The number of amides is 1. The molecule has 1 atom stereocenters. The van der Waals surface area contributed by atoms with Crippen molar-refractivity contribution in [1.29, 1.82) is 0 Å². The van der Waals surface area contributed by atoms with Crippen LogP contribution in [0.4, 0.5) is 10.1 Å². The second-order valence-corrected chi connectivity index (χ2v) is 9.88. The number of anilines is 1. The maximum Gasteiger partial charge on any atom is 0.264 e. The number of aryl methyl sites for hydroxylation is 2. The van der Waals surface area contributed by atoms with E-state index < -0.39 is 22.0 Å². The van der Waals surface area contributed by atoms with Gasteiger partial charge < -0.3 is 14.8 Å². The first-order valence-electron chi connectivity index (χ1n) is 10.8. The molecule has 3 aromatic rings. The van der Waals surface area contributed by atoms with E-state index in [0.717, 1.165) is 11.1 Å². The number of benzene rings is 3. The van der Waals surface area contributed by atoms with Crippen molar-refractivity contribution in [2.75, 3.05) is 24.0 Å². The monoisotopic (exact) mass is 484 g/mol. The van der Waals surface area contributed by atoms with Crippen LogP contribution in [0.15, 0.2) is 71.6 Å². The fraction of sp³-hybridized carbons (Fsp3) is 0.240. The number of nitrogens with one attached hydrogen (secondary N) is 1. The summed E-state index contributed by atoms with van der Waals surface area (Å²) in [7, 11) is -3.92. The quantitative estimate of drug-likeness (QED) is 0.518. The van der Waals surface area contributed by atoms with Crippen LogP contribution in [0.25, 0.3) is 0 Å². The average Bonchev–Trinajstić information content (AvgIpc) is 2.82. The fourth-order valence-electron chi connectivity index (χ4n) is 3.55. The molecular weight excluding hydrogens is 459 g/mol. The SMILES string of the molecule is Cc1ccc(S(=O)(=O)N2C[C@@H](C(=O)NCCOc3ccc(F)cc3)Oc3ccc(C)cc32)cc1. The van der Waals surface area contributed by atoms with Crippen LogP contribution in [0.1, 0.15) is 11.1 Å². The summed E-state index contributed by atoms with van der Waals surface area (Å²) in [6, 6.07) is 17.3. The Balaban J connectivity index is 1.49. The maximum absolute atomic E-state index is 13.5. The lowest BCUT2D eigenvalue weighted by Crippen LogP contribution is -2.51. The van der Waals surface area contributed by atoms with Crippen molar-refractivity contribution in [2.45, 2.75) is 24.8 Å². The van der Waals surface area contributed by atoms with Crippen LogP contribution in [0.3, 0.4) is 0 Å². The van der Waals surface area contributed by atoms with Gasteiger partial charge in [0.1, 0.15) is 23.9 Å². The van der Waals surface area contributed by atoms with Crippen molar-refractivity contribution in [3.8, 4) is 11.5 Å². The van der Waals surface area contributed by atoms with Crippen LogP contribution < -0.4 is 19.1 Å². The first-order valence-corrected chi connectivity index (χ1v) is 12.2. The van der Waals surface area contributed by atoms with Crippen LogP contribution in [0, 0.1) is 19.7 Å². The van der Waals surface area contributed by atoms with E-state index in [2.05, 4.69) is 5.32 Å². The first kappa shape index (κ1) is 23.6. The van der Waals surface area contributed by atoms with Crippen LogP contribution >= 0.6 is 0 Å². The van der Waals surface area contributed by atoms with Crippen LogP contribution in [-0.4, -0.2) is 40.1 Å². The molecule has 0 aliphatic carbocycles. The van der Waals surface area contributed by atoms with E-state index in [4.69, 9.17) is 9.47 Å². The second kappa shape index (κ2) is 9.72. The van der Waals surface area contributed by atoms with Gasteiger partial charge in [-0.2, -0.15) is 0 Å². The third kappa shape index (κ3) is 5.14. The fourth-order valence-corrected chi connectivity index (χ4v) is 5.02. The van der Waals surface area contributed by atoms with Crippen molar-refractivity contribution in [3.05, 3.63) is 83.7 Å². The number of rotatable bonds is 7. The summed E-state index contributed by atoms with van der Waals surface area (Å²) < 4.78 is 52.5. The summed E-state index contributed by atoms with van der Waals surface area (Å²) in [6.45, 7) is 3.89. The summed E-state index contributed by atoms with van der Waals surface area (Å²) in [5, 5.41) is 2.71. The lowest BCUT2D eigenvalue weighted by molar-refractivity contribution is -0.127. The molecule has 0 fully saturated rings. The zero-order valence-electron chi connectivity index (χ0n) is 18.8. The van der Waals surface area contributed by atoms with E-state index in [1.165, 1.54) is 28.6 Å². The van der Waals surface area contributed by atoms with Gasteiger partial charge in [-0.3, -0.25) is 9.10 Å². The van der Waals surface area contributed by atoms with Gasteiger partial charge in [-0.05, 0) is 67.9 Å². The van der Waals surface area contributed by atoms with E-state index >= 15 is 0 Å². The molecule has 1 amide bonds. The first-order chi connectivity index (χ1) is 16.2. The molecule has 9 heteroatoms. The zero-order valence-corrected chi connectivity index (χ0v) is 19.6. The Kier molecular flexibility index (Phi) is 6.74. The van der Waals surface area contributed by atoms with Gasteiger partial charge in [0.15, 0.2) is 6.10 Å². The number of hydrogen-bond acceptors (Lipinski definition) is 5. The highest BCUT2D eigenvalue weighted by molar-refractivity contribution is 7.92. The largest absolute Gasteiger partial charge is 0.492 e. The van der Waals surface area contributed by atoms with Gasteiger partial charge in [0.05, 0.1) is 23.7 Å². The van der Waals surface area contributed by atoms with Crippen molar-refractivity contribution >= 4 is 21.6 Å². The van der Waals surface area contributed by atoms with Gasteiger partial charge in [0, 0.05) is 0 Å². The number of sulfonamides is 1. The molecular formula is C25H25FN2O5S. The summed E-state index contributed by atoms with van der Waals surface area (Å²) in [4.78, 5) is 13.0. The molecule has 1 aliphatic rings.